The number of rotatable bonds is 6. The predicted octanol–water partition coefficient (Wildman–Crippen LogP) is 3.16. The molecule has 0 aromatic heterocycles. The fourth-order valence-electron chi connectivity index (χ4n) is 2.24. The first-order valence-corrected chi connectivity index (χ1v) is 5.99. The molecule has 0 N–H and O–H groups in total. The van der Waals surface area contributed by atoms with Gasteiger partial charge in [0.05, 0.1) is 7.11 Å². The molecule has 1 rings (SSSR count). The molecule has 0 heterocycles. The summed E-state index contributed by atoms with van der Waals surface area (Å²) in [7, 11) is 5.90. The average Bonchev–Trinajstić information content (AvgIpc) is 2.29. The number of hydrogen-bond donors (Lipinski definition) is 0. The van der Waals surface area contributed by atoms with Crippen molar-refractivity contribution in [3.8, 4) is 5.75 Å². The minimum Gasteiger partial charge on any atom is -0.497 e. The maximum Gasteiger partial charge on any atom is 0.119 e. The second-order valence-electron chi connectivity index (χ2n) is 4.78. The lowest BCUT2D eigenvalue weighted by Gasteiger charge is -2.24. The fourth-order valence-corrected chi connectivity index (χ4v) is 2.24. The maximum atomic E-state index is 5.27. The molecule has 0 radical (unpaired) electrons. The van der Waals surface area contributed by atoms with E-state index in [9.17, 15) is 0 Å². The van der Waals surface area contributed by atoms with E-state index in [2.05, 4.69) is 44.6 Å². The number of methoxy groups -OCH3 is 1. The van der Waals surface area contributed by atoms with E-state index in [1.165, 1.54) is 5.56 Å². The van der Waals surface area contributed by atoms with E-state index in [0.29, 0.717) is 11.8 Å². The van der Waals surface area contributed by atoms with Gasteiger partial charge in [-0.2, -0.15) is 0 Å². The van der Waals surface area contributed by atoms with Crippen LogP contribution in [0.15, 0.2) is 36.9 Å². The van der Waals surface area contributed by atoms with E-state index in [1.54, 1.807) is 7.11 Å². The van der Waals surface area contributed by atoms with Crippen molar-refractivity contribution < 1.29 is 4.74 Å². The summed E-state index contributed by atoms with van der Waals surface area (Å²) in [5, 5.41) is 0. The summed E-state index contributed by atoms with van der Waals surface area (Å²) in [4.78, 5) is 2.21. The summed E-state index contributed by atoms with van der Waals surface area (Å²) in [6.07, 6.45) is 2.03. The van der Waals surface area contributed by atoms with Crippen LogP contribution >= 0.6 is 0 Å². The molecule has 0 amide bonds. The highest BCUT2D eigenvalue weighted by molar-refractivity contribution is 5.33. The van der Waals surface area contributed by atoms with Crippen molar-refractivity contribution in [3.05, 3.63) is 42.5 Å². The summed E-state index contributed by atoms with van der Waals surface area (Å²) in [6, 6.07) is 8.24. The van der Waals surface area contributed by atoms with E-state index in [1.807, 2.05) is 18.2 Å². The van der Waals surface area contributed by atoms with Crippen molar-refractivity contribution in [1.82, 2.24) is 4.90 Å². The lowest BCUT2D eigenvalue weighted by molar-refractivity contribution is 0.323. The van der Waals surface area contributed by atoms with Gasteiger partial charge in [-0.15, -0.1) is 6.58 Å². The van der Waals surface area contributed by atoms with Gasteiger partial charge >= 0.3 is 0 Å². The van der Waals surface area contributed by atoms with Crippen molar-refractivity contribution >= 4 is 0 Å². The summed E-state index contributed by atoms with van der Waals surface area (Å²) in [6.45, 7) is 7.27. The van der Waals surface area contributed by atoms with Crippen LogP contribution in [0.4, 0.5) is 0 Å². The quantitative estimate of drug-likeness (QED) is 0.700. The highest BCUT2D eigenvalue weighted by atomic mass is 16.5. The van der Waals surface area contributed by atoms with E-state index in [-0.39, 0.29) is 0 Å². The van der Waals surface area contributed by atoms with Gasteiger partial charge in [-0.1, -0.05) is 25.1 Å². The molecule has 1 unspecified atom stereocenters. The first-order chi connectivity index (χ1) is 8.08. The van der Waals surface area contributed by atoms with Crippen LogP contribution in [0.3, 0.4) is 0 Å². The van der Waals surface area contributed by atoms with Crippen LogP contribution in [-0.2, 0) is 0 Å². The van der Waals surface area contributed by atoms with Crippen LogP contribution in [0, 0.1) is 5.92 Å². The molecule has 94 valence electrons. The van der Waals surface area contributed by atoms with Crippen LogP contribution in [0.1, 0.15) is 18.4 Å². The predicted molar refractivity (Wildman–Crippen MR) is 73.7 cm³/mol. The Kier molecular flexibility index (Phi) is 5.23. The van der Waals surface area contributed by atoms with E-state index in [0.717, 1.165) is 12.3 Å². The van der Waals surface area contributed by atoms with E-state index >= 15 is 0 Å². The summed E-state index contributed by atoms with van der Waals surface area (Å²) in [5.74, 6) is 1.81. The number of ether oxygens (including phenoxy) is 1. The molecule has 0 aliphatic heterocycles. The van der Waals surface area contributed by atoms with Gasteiger partial charge < -0.3 is 9.64 Å². The highest BCUT2D eigenvalue weighted by Crippen LogP contribution is 2.28. The molecule has 0 spiro atoms. The molecule has 0 saturated carbocycles. The van der Waals surface area contributed by atoms with Crippen LogP contribution in [0.5, 0.6) is 5.75 Å². The Morgan fingerprint density at radius 2 is 2.12 bits per heavy atom. The average molecular weight is 233 g/mol. The first kappa shape index (κ1) is 13.8. The van der Waals surface area contributed by atoms with Crippen molar-refractivity contribution in [2.24, 2.45) is 5.92 Å². The number of nitrogens with zero attached hydrogens (tertiary/aromatic N) is 1. The van der Waals surface area contributed by atoms with Gasteiger partial charge in [0, 0.05) is 12.5 Å². The molecule has 1 aromatic rings. The van der Waals surface area contributed by atoms with E-state index in [4.69, 9.17) is 4.74 Å². The molecule has 0 aliphatic carbocycles. The molecule has 2 heteroatoms. The molecular formula is C15H23NO. The molecule has 0 saturated heterocycles. The van der Waals surface area contributed by atoms with Crippen LogP contribution in [0.25, 0.3) is 0 Å². The topological polar surface area (TPSA) is 12.5 Å². The SMILES string of the molecule is C=CC(c1cccc(OC)c1)[C@@H](C)CN(C)C. The Morgan fingerprint density at radius 3 is 2.65 bits per heavy atom. The second-order valence-corrected chi connectivity index (χ2v) is 4.78. The Labute approximate surface area is 105 Å². The highest BCUT2D eigenvalue weighted by Gasteiger charge is 2.17. The van der Waals surface area contributed by atoms with E-state index < -0.39 is 0 Å². The normalized spacial score (nSPS) is 14.4. The molecule has 0 fully saturated rings. The molecule has 0 aliphatic rings. The zero-order chi connectivity index (χ0) is 12.8. The minimum atomic E-state index is 0.368. The van der Waals surface area contributed by atoms with Crippen molar-refractivity contribution in [2.45, 2.75) is 12.8 Å². The Hall–Kier alpha value is -1.28. The van der Waals surface area contributed by atoms with Crippen LogP contribution in [0.2, 0.25) is 0 Å². The largest absolute Gasteiger partial charge is 0.497 e. The van der Waals surface area contributed by atoms with Crippen LogP contribution < -0.4 is 4.74 Å². The number of hydrogen-bond acceptors (Lipinski definition) is 2. The minimum absolute atomic E-state index is 0.368. The second kappa shape index (κ2) is 6.45. The first-order valence-electron chi connectivity index (χ1n) is 5.99. The van der Waals surface area contributed by atoms with Gasteiger partial charge in [-0.3, -0.25) is 0 Å². The fraction of sp³-hybridized carbons (Fsp3) is 0.467. The van der Waals surface area contributed by atoms with Gasteiger partial charge in [0.15, 0.2) is 0 Å². The molecule has 2 atom stereocenters. The maximum absolute atomic E-state index is 5.27. The lowest BCUT2D eigenvalue weighted by atomic mass is 9.87. The van der Waals surface area contributed by atoms with Gasteiger partial charge in [-0.25, -0.2) is 0 Å². The standard InChI is InChI=1S/C15H23NO/c1-6-15(12(2)11-16(3)4)13-8-7-9-14(10-13)17-5/h6-10,12,15H,1,11H2,2-5H3/t12-,15?/m0/s1. The molecule has 1 aromatic carbocycles. The molecule has 17 heavy (non-hydrogen) atoms. The lowest BCUT2D eigenvalue weighted by Crippen LogP contribution is -2.23. The van der Waals surface area contributed by atoms with Crippen LogP contribution in [-0.4, -0.2) is 32.6 Å². The smallest absolute Gasteiger partial charge is 0.119 e. The number of allylic oxidation sites excluding steroid dienone is 1. The summed E-state index contributed by atoms with van der Waals surface area (Å²) in [5.41, 5.74) is 1.27. The zero-order valence-electron chi connectivity index (χ0n) is 11.3. The zero-order valence-corrected chi connectivity index (χ0v) is 11.3. The Morgan fingerprint density at radius 1 is 1.41 bits per heavy atom. The molecular weight excluding hydrogens is 210 g/mol. The monoisotopic (exact) mass is 233 g/mol. The third-order valence-electron chi connectivity index (χ3n) is 3.00. The van der Waals surface area contributed by atoms with Gasteiger partial charge in [-0.05, 0) is 37.7 Å². The molecule has 2 nitrogen and oxygen atoms in total. The van der Waals surface area contributed by atoms with Gasteiger partial charge in [0.25, 0.3) is 0 Å². The third kappa shape index (κ3) is 3.90. The summed E-state index contributed by atoms with van der Waals surface area (Å²) >= 11 is 0. The van der Waals surface area contributed by atoms with Crippen molar-refractivity contribution in [3.63, 3.8) is 0 Å². The van der Waals surface area contributed by atoms with Gasteiger partial charge in [0.2, 0.25) is 0 Å². The summed E-state index contributed by atoms with van der Waals surface area (Å²) < 4.78 is 5.27. The number of benzene rings is 1. The van der Waals surface area contributed by atoms with Gasteiger partial charge in [0.1, 0.15) is 5.75 Å². The third-order valence-corrected chi connectivity index (χ3v) is 3.00. The van der Waals surface area contributed by atoms with Crippen molar-refractivity contribution in [1.29, 1.82) is 0 Å². The Balaban J connectivity index is 2.88. The molecule has 0 bridgehead atoms. The van der Waals surface area contributed by atoms with Crippen molar-refractivity contribution in [2.75, 3.05) is 27.7 Å². The Bertz CT molecular complexity index is 360.